The highest BCUT2D eigenvalue weighted by Crippen LogP contribution is 2.25. The lowest BCUT2D eigenvalue weighted by Crippen LogP contribution is -2.55. The zero-order chi connectivity index (χ0) is 8.16. The summed E-state index contributed by atoms with van der Waals surface area (Å²) in [5.74, 6) is 0. The maximum absolute atomic E-state index is 5.11. The molecule has 1 N–H and O–H groups in total. The summed E-state index contributed by atoms with van der Waals surface area (Å²) in [6.45, 7) is 10.0. The van der Waals surface area contributed by atoms with Gasteiger partial charge < -0.3 is 5.32 Å². The van der Waals surface area contributed by atoms with Crippen molar-refractivity contribution < 1.29 is 1.43 Å². The first-order valence-corrected chi connectivity index (χ1v) is 3.99. The van der Waals surface area contributed by atoms with Gasteiger partial charge in [0.05, 0.1) is 0 Å². The standard InChI is InChI=1S/C10H14N.H2/c1-3-5-6-7-10(4-2)8-9-11-10;/h1,4-5,11H,2,6-9H2;1H. The Morgan fingerprint density at radius 1 is 1.82 bits per heavy atom. The van der Waals surface area contributed by atoms with Crippen molar-refractivity contribution in [2.45, 2.75) is 24.8 Å². The third-order valence-electron chi connectivity index (χ3n) is 2.29. The fraction of sp³-hybridized carbons (Fsp3) is 0.500. The Labute approximate surface area is 70.0 Å². The molecule has 61 valence electrons. The van der Waals surface area contributed by atoms with E-state index in [-0.39, 0.29) is 6.97 Å². The third kappa shape index (κ3) is 1.83. The van der Waals surface area contributed by atoms with E-state index < -0.39 is 0 Å². The number of hydrogen-bond donors (Lipinski definition) is 1. The molecule has 1 nitrogen and oxygen atoms in total. The minimum absolute atomic E-state index is 0. The fourth-order valence-electron chi connectivity index (χ4n) is 1.35. The molecular formula is C10H16N. The van der Waals surface area contributed by atoms with Crippen LogP contribution in [0.5, 0.6) is 0 Å². The van der Waals surface area contributed by atoms with Gasteiger partial charge in [0.1, 0.15) is 0 Å². The Morgan fingerprint density at radius 3 is 2.91 bits per heavy atom. The number of rotatable bonds is 4. The van der Waals surface area contributed by atoms with Crippen molar-refractivity contribution >= 4 is 0 Å². The molecule has 1 unspecified atom stereocenters. The smallest absolute Gasteiger partial charge is 0.0376 e. The van der Waals surface area contributed by atoms with Gasteiger partial charge in [-0.25, -0.2) is 0 Å². The quantitative estimate of drug-likeness (QED) is 0.478. The maximum atomic E-state index is 5.11. The molecule has 1 aliphatic rings. The molecule has 0 amide bonds. The van der Waals surface area contributed by atoms with Gasteiger partial charge in [0.15, 0.2) is 0 Å². The monoisotopic (exact) mass is 150 g/mol. The van der Waals surface area contributed by atoms with Crippen LogP contribution in [0, 0.1) is 6.58 Å². The molecule has 0 spiro atoms. The summed E-state index contributed by atoms with van der Waals surface area (Å²) in [6.07, 6.45) is 7.14. The van der Waals surface area contributed by atoms with Crippen LogP contribution in [0.3, 0.4) is 0 Å². The van der Waals surface area contributed by atoms with Gasteiger partial charge in [-0.05, 0) is 38.5 Å². The molecule has 0 aliphatic carbocycles. The average molecular weight is 150 g/mol. The summed E-state index contributed by atoms with van der Waals surface area (Å²) in [6, 6.07) is 0. The number of hydrogen-bond acceptors (Lipinski definition) is 1. The number of nitrogens with one attached hydrogen (secondary N) is 1. The van der Waals surface area contributed by atoms with E-state index in [1.165, 1.54) is 6.42 Å². The van der Waals surface area contributed by atoms with Crippen molar-refractivity contribution in [3.63, 3.8) is 0 Å². The van der Waals surface area contributed by atoms with Crippen LogP contribution in [-0.4, -0.2) is 12.1 Å². The van der Waals surface area contributed by atoms with Crippen LogP contribution in [0.15, 0.2) is 24.5 Å². The Kier molecular flexibility index (Phi) is 2.70. The molecule has 1 radical (unpaired) electrons. The van der Waals surface area contributed by atoms with Gasteiger partial charge >= 0.3 is 0 Å². The second-order valence-electron chi connectivity index (χ2n) is 2.95. The predicted octanol–water partition coefficient (Wildman–Crippen LogP) is 2.07. The molecule has 0 saturated carbocycles. The van der Waals surface area contributed by atoms with Gasteiger partial charge in [-0.3, -0.25) is 0 Å². The lowest BCUT2D eigenvalue weighted by atomic mass is 9.83. The van der Waals surface area contributed by atoms with Gasteiger partial charge in [0.25, 0.3) is 0 Å². The highest BCUT2D eigenvalue weighted by molar-refractivity contribution is 5.09. The molecule has 0 bridgehead atoms. The van der Waals surface area contributed by atoms with Crippen molar-refractivity contribution in [2.24, 2.45) is 0 Å². The second kappa shape index (κ2) is 3.56. The van der Waals surface area contributed by atoms with Crippen LogP contribution >= 0.6 is 0 Å². The molecule has 0 aromatic carbocycles. The van der Waals surface area contributed by atoms with Crippen LogP contribution in [0.1, 0.15) is 20.7 Å². The molecule has 1 aliphatic heterocycles. The summed E-state index contributed by atoms with van der Waals surface area (Å²) in [4.78, 5) is 0. The molecule has 1 fully saturated rings. The summed E-state index contributed by atoms with van der Waals surface area (Å²) >= 11 is 0. The second-order valence-corrected chi connectivity index (χ2v) is 2.95. The van der Waals surface area contributed by atoms with Crippen molar-refractivity contribution in [2.75, 3.05) is 6.54 Å². The Balaban J connectivity index is 0.00000121. The lowest BCUT2D eigenvalue weighted by molar-refractivity contribution is 0.256. The molecule has 1 heterocycles. The summed E-state index contributed by atoms with van der Waals surface area (Å²) in [5.41, 5.74) is 2.73. The summed E-state index contributed by atoms with van der Waals surface area (Å²) in [7, 11) is 0. The zero-order valence-corrected chi connectivity index (χ0v) is 6.77. The summed E-state index contributed by atoms with van der Waals surface area (Å²) in [5, 5.41) is 3.36. The predicted molar refractivity (Wildman–Crippen MR) is 49.3 cm³/mol. The van der Waals surface area contributed by atoms with E-state index in [1.807, 2.05) is 12.2 Å². The van der Waals surface area contributed by atoms with Crippen LogP contribution in [0.25, 0.3) is 0 Å². The van der Waals surface area contributed by atoms with Crippen molar-refractivity contribution in [1.29, 1.82) is 0 Å². The molecule has 1 saturated heterocycles. The average Bonchev–Trinajstić information content (AvgIpc) is 1.95. The highest BCUT2D eigenvalue weighted by Gasteiger charge is 2.31. The van der Waals surface area contributed by atoms with Crippen LogP contribution in [-0.2, 0) is 0 Å². The van der Waals surface area contributed by atoms with Gasteiger partial charge in [-0.15, -0.1) is 12.3 Å². The first-order chi connectivity index (χ1) is 5.33. The van der Waals surface area contributed by atoms with E-state index in [9.17, 15) is 0 Å². The zero-order valence-electron chi connectivity index (χ0n) is 6.77. The topological polar surface area (TPSA) is 12.0 Å². The van der Waals surface area contributed by atoms with E-state index in [0.29, 0.717) is 0 Å². The van der Waals surface area contributed by atoms with Gasteiger partial charge in [-0.1, -0.05) is 6.08 Å². The van der Waals surface area contributed by atoms with E-state index in [1.54, 1.807) is 0 Å². The molecular weight excluding hydrogens is 134 g/mol. The van der Waals surface area contributed by atoms with Gasteiger partial charge in [0.2, 0.25) is 0 Å². The van der Waals surface area contributed by atoms with Crippen molar-refractivity contribution in [3.8, 4) is 0 Å². The maximum Gasteiger partial charge on any atom is 0.0376 e. The first kappa shape index (κ1) is 8.32. The van der Waals surface area contributed by atoms with Crippen LogP contribution in [0.4, 0.5) is 0 Å². The van der Waals surface area contributed by atoms with Crippen LogP contribution < -0.4 is 5.32 Å². The number of allylic oxidation sites excluding steroid dienone is 1. The van der Waals surface area contributed by atoms with E-state index >= 15 is 0 Å². The lowest BCUT2D eigenvalue weighted by Gasteiger charge is -2.40. The van der Waals surface area contributed by atoms with E-state index in [4.69, 9.17) is 6.58 Å². The normalized spacial score (nSPS) is 28.4. The minimum Gasteiger partial charge on any atom is -0.308 e. The largest absolute Gasteiger partial charge is 0.308 e. The molecule has 1 rings (SSSR count). The SMILES string of the molecule is [CH]=C=CCCC1(C=C)CCN1.[HH]. The molecule has 0 aromatic rings. The molecule has 1 heteroatoms. The van der Waals surface area contributed by atoms with Crippen LogP contribution in [0.2, 0.25) is 0 Å². The van der Waals surface area contributed by atoms with Gasteiger partial charge in [0, 0.05) is 6.97 Å². The first-order valence-electron chi connectivity index (χ1n) is 3.99. The van der Waals surface area contributed by atoms with Crippen molar-refractivity contribution in [3.05, 3.63) is 31.0 Å². The molecule has 1 atom stereocenters. The van der Waals surface area contributed by atoms with Gasteiger partial charge in [-0.2, -0.15) is 0 Å². The highest BCUT2D eigenvalue weighted by atomic mass is 15.0. The third-order valence-corrected chi connectivity index (χ3v) is 2.29. The fourth-order valence-corrected chi connectivity index (χ4v) is 1.35. The van der Waals surface area contributed by atoms with E-state index in [0.717, 1.165) is 19.4 Å². The minimum atomic E-state index is 0. The summed E-state index contributed by atoms with van der Waals surface area (Å²) < 4.78 is 0. The molecule has 0 aromatic heterocycles. The molecule has 11 heavy (non-hydrogen) atoms. The Hall–Kier alpha value is -0.780. The van der Waals surface area contributed by atoms with Crippen molar-refractivity contribution in [1.82, 2.24) is 5.32 Å². The Bertz CT molecular complexity index is 188. The Morgan fingerprint density at radius 2 is 2.55 bits per heavy atom. The van der Waals surface area contributed by atoms with E-state index in [2.05, 4.69) is 17.6 Å².